The fourth-order valence-corrected chi connectivity index (χ4v) is 5.07. The average molecular weight is 439 g/mol. The topological polar surface area (TPSA) is 67.2 Å². The maximum Gasteiger partial charge on any atom is 0.226 e. The number of carbonyl (C=O) groups excluding carboxylic acids is 2. The number of hydrogen-bond donors (Lipinski definition) is 1. The van der Waals surface area contributed by atoms with Gasteiger partial charge in [0.2, 0.25) is 11.9 Å². The molecule has 0 saturated heterocycles. The van der Waals surface area contributed by atoms with E-state index in [1.807, 2.05) is 41.3 Å². The third-order valence-electron chi connectivity index (χ3n) is 6.04. The molecule has 6 nitrogen and oxygen atoms in total. The second kappa shape index (κ2) is 9.73. The molecule has 0 radical (unpaired) electrons. The van der Waals surface area contributed by atoms with E-state index < -0.39 is 0 Å². The molecule has 1 aromatic heterocycles. The number of rotatable bonds is 6. The number of nitrogens with one attached hydrogen (secondary N) is 1. The van der Waals surface area contributed by atoms with E-state index in [0.29, 0.717) is 12.4 Å². The molecule has 0 spiro atoms. The van der Waals surface area contributed by atoms with Crippen molar-refractivity contribution < 1.29 is 9.59 Å². The number of aromatic nitrogens is 2. The van der Waals surface area contributed by atoms with Gasteiger partial charge >= 0.3 is 0 Å². The summed E-state index contributed by atoms with van der Waals surface area (Å²) in [5.41, 5.74) is 2.33. The van der Waals surface area contributed by atoms with Gasteiger partial charge in [0.25, 0.3) is 0 Å². The largest absolute Gasteiger partial charge is 0.351 e. The van der Waals surface area contributed by atoms with Crippen LogP contribution in [0, 0.1) is 5.92 Å². The smallest absolute Gasteiger partial charge is 0.226 e. The van der Waals surface area contributed by atoms with Crippen LogP contribution in [0.25, 0.3) is 16.1 Å². The summed E-state index contributed by atoms with van der Waals surface area (Å²) in [4.78, 5) is 32.1. The van der Waals surface area contributed by atoms with Crippen LogP contribution in [-0.2, 0) is 4.79 Å². The number of anilines is 1. The summed E-state index contributed by atoms with van der Waals surface area (Å²) >= 11 is 1.58. The fourth-order valence-electron chi connectivity index (χ4n) is 4.23. The Labute approximate surface area is 187 Å². The molecule has 2 heterocycles. The van der Waals surface area contributed by atoms with Crippen molar-refractivity contribution in [2.24, 2.45) is 5.92 Å². The molecule has 1 fully saturated rings. The highest BCUT2D eigenvalue weighted by molar-refractivity contribution is 8.10. The molecule has 1 aromatic carbocycles. The maximum atomic E-state index is 13.2. The van der Waals surface area contributed by atoms with Crippen molar-refractivity contribution in [3.8, 4) is 0 Å². The minimum atomic E-state index is -0.0874. The van der Waals surface area contributed by atoms with Gasteiger partial charge in [0.15, 0.2) is 5.78 Å². The Hall–Kier alpha value is -2.54. The van der Waals surface area contributed by atoms with Gasteiger partial charge in [0.1, 0.15) is 5.03 Å². The van der Waals surface area contributed by atoms with E-state index in [4.69, 9.17) is 4.98 Å². The molecule has 0 bridgehead atoms. The van der Waals surface area contributed by atoms with Crippen LogP contribution in [0.2, 0.25) is 0 Å². The van der Waals surface area contributed by atoms with Gasteiger partial charge in [-0.2, -0.15) is 0 Å². The molecule has 1 aliphatic carbocycles. The average Bonchev–Trinajstić information content (AvgIpc) is 2.95. The zero-order valence-corrected chi connectivity index (χ0v) is 19.1. The van der Waals surface area contributed by atoms with Crippen molar-refractivity contribution >= 4 is 45.5 Å². The third-order valence-corrected chi connectivity index (χ3v) is 6.83. The van der Waals surface area contributed by atoms with Gasteiger partial charge in [-0.3, -0.25) is 19.5 Å². The molecule has 2 aromatic rings. The van der Waals surface area contributed by atoms with Gasteiger partial charge in [-0.15, -0.1) is 0 Å². The number of imidazole rings is 1. The van der Waals surface area contributed by atoms with E-state index in [9.17, 15) is 9.59 Å². The van der Waals surface area contributed by atoms with Crippen molar-refractivity contribution in [1.29, 1.82) is 0 Å². The SMILES string of the molecule is CCC(=O)Nc1nc2cc(C(=O)C3CCCCCC3)ccc2n1C1=CN(CC)C=CS1. The van der Waals surface area contributed by atoms with Crippen LogP contribution in [0.3, 0.4) is 0 Å². The molecule has 1 N–H and O–H groups in total. The Morgan fingerprint density at radius 3 is 2.65 bits per heavy atom. The summed E-state index contributed by atoms with van der Waals surface area (Å²) in [6.45, 7) is 4.76. The molecule has 0 unspecified atom stereocenters. The van der Waals surface area contributed by atoms with Crippen molar-refractivity contribution in [3.05, 3.63) is 41.6 Å². The third kappa shape index (κ3) is 4.71. The molecular weight excluding hydrogens is 408 g/mol. The number of nitrogens with zero attached hydrogens (tertiary/aromatic N) is 3. The predicted molar refractivity (Wildman–Crippen MR) is 128 cm³/mol. The molecular formula is C24H30N4O2S. The van der Waals surface area contributed by atoms with Gasteiger partial charge in [-0.25, -0.2) is 4.98 Å². The summed E-state index contributed by atoms with van der Waals surface area (Å²) in [6.07, 6.45) is 11.1. The molecule has 31 heavy (non-hydrogen) atoms. The standard InChI is InChI=1S/C24H30N4O2S/c1-3-21(29)26-24-25-19-15-18(23(30)17-9-7-5-6-8-10-17)11-12-20(19)28(24)22-16-27(4-2)13-14-31-22/h11-17H,3-10H2,1-2H3,(H,25,26,29). The van der Waals surface area contributed by atoms with Crippen molar-refractivity contribution in [1.82, 2.24) is 14.5 Å². The van der Waals surface area contributed by atoms with Gasteiger partial charge in [0.05, 0.1) is 11.0 Å². The quantitative estimate of drug-likeness (QED) is 0.454. The number of ketones is 1. The minimum Gasteiger partial charge on any atom is -0.351 e. The van der Waals surface area contributed by atoms with Crippen LogP contribution in [0.1, 0.15) is 69.2 Å². The Balaban J connectivity index is 1.73. The number of Topliss-reactive ketones (excluding diaryl/α,β-unsaturated/α-hetero) is 1. The Morgan fingerprint density at radius 2 is 1.94 bits per heavy atom. The zero-order valence-electron chi connectivity index (χ0n) is 18.3. The summed E-state index contributed by atoms with van der Waals surface area (Å²) in [6, 6.07) is 5.77. The highest BCUT2D eigenvalue weighted by atomic mass is 32.2. The molecule has 1 amide bonds. The summed E-state index contributed by atoms with van der Waals surface area (Å²) in [5, 5.41) is 5.92. The lowest BCUT2D eigenvalue weighted by atomic mass is 9.91. The molecule has 0 atom stereocenters. The lowest BCUT2D eigenvalue weighted by Gasteiger charge is -2.21. The van der Waals surface area contributed by atoms with E-state index in [-0.39, 0.29) is 17.6 Å². The number of amides is 1. The molecule has 2 aliphatic rings. The summed E-state index contributed by atoms with van der Waals surface area (Å²) in [7, 11) is 0. The zero-order chi connectivity index (χ0) is 21.8. The van der Waals surface area contributed by atoms with Crippen LogP contribution in [0.4, 0.5) is 5.95 Å². The lowest BCUT2D eigenvalue weighted by Crippen LogP contribution is -2.16. The second-order valence-corrected chi connectivity index (χ2v) is 9.06. The first-order valence-electron chi connectivity index (χ1n) is 11.3. The van der Waals surface area contributed by atoms with E-state index in [1.54, 1.807) is 11.8 Å². The Kier molecular flexibility index (Phi) is 6.80. The first-order valence-corrected chi connectivity index (χ1v) is 12.2. The Bertz CT molecular complexity index is 1030. The minimum absolute atomic E-state index is 0.0874. The van der Waals surface area contributed by atoms with Gasteiger partial charge in [-0.05, 0) is 43.4 Å². The summed E-state index contributed by atoms with van der Waals surface area (Å²) < 4.78 is 1.97. The molecule has 7 heteroatoms. The van der Waals surface area contributed by atoms with Gasteiger partial charge in [-0.1, -0.05) is 44.4 Å². The second-order valence-electron chi connectivity index (χ2n) is 8.13. The van der Waals surface area contributed by atoms with Crippen molar-refractivity contribution in [3.63, 3.8) is 0 Å². The first kappa shape index (κ1) is 21.7. The predicted octanol–water partition coefficient (Wildman–Crippen LogP) is 5.83. The summed E-state index contributed by atoms with van der Waals surface area (Å²) in [5.74, 6) is 0.742. The number of thioether (sulfide) groups is 1. The van der Waals surface area contributed by atoms with E-state index in [2.05, 4.69) is 23.3 Å². The van der Waals surface area contributed by atoms with Crippen LogP contribution in [-0.4, -0.2) is 32.7 Å². The Morgan fingerprint density at radius 1 is 1.16 bits per heavy atom. The number of fused-ring (bicyclic) bond motifs is 1. The normalized spacial score (nSPS) is 17.5. The first-order chi connectivity index (χ1) is 15.1. The maximum absolute atomic E-state index is 13.2. The van der Waals surface area contributed by atoms with Crippen LogP contribution >= 0.6 is 11.8 Å². The van der Waals surface area contributed by atoms with Crippen LogP contribution in [0.5, 0.6) is 0 Å². The van der Waals surface area contributed by atoms with E-state index in [0.717, 1.165) is 53.9 Å². The molecule has 164 valence electrons. The highest BCUT2D eigenvalue weighted by Gasteiger charge is 2.23. The van der Waals surface area contributed by atoms with Crippen LogP contribution < -0.4 is 5.32 Å². The highest BCUT2D eigenvalue weighted by Crippen LogP contribution is 2.35. The van der Waals surface area contributed by atoms with E-state index >= 15 is 0 Å². The molecule has 1 saturated carbocycles. The van der Waals surface area contributed by atoms with Crippen molar-refractivity contribution in [2.45, 2.75) is 58.8 Å². The monoisotopic (exact) mass is 438 g/mol. The van der Waals surface area contributed by atoms with Gasteiger partial charge < -0.3 is 4.90 Å². The lowest BCUT2D eigenvalue weighted by molar-refractivity contribution is -0.115. The molecule has 4 rings (SSSR count). The van der Waals surface area contributed by atoms with Gasteiger partial charge in [0, 0.05) is 36.8 Å². The molecule has 1 aliphatic heterocycles. The van der Waals surface area contributed by atoms with Crippen molar-refractivity contribution in [2.75, 3.05) is 11.9 Å². The number of hydrogen-bond acceptors (Lipinski definition) is 5. The van der Waals surface area contributed by atoms with E-state index in [1.165, 1.54) is 12.8 Å². The number of carbonyl (C=O) groups is 2. The number of benzene rings is 1. The van der Waals surface area contributed by atoms with Crippen LogP contribution in [0.15, 0.2) is 36.0 Å². The fraction of sp³-hybridized carbons (Fsp3) is 0.458.